The first-order valence-electron chi connectivity index (χ1n) is 14.8. The van der Waals surface area contributed by atoms with Gasteiger partial charge in [-0.25, -0.2) is 0 Å². The Hall–Kier alpha value is -3.14. The van der Waals surface area contributed by atoms with Crippen molar-refractivity contribution in [3.63, 3.8) is 0 Å². The minimum absolute atomic E-state index is 0.0655. The van der Waals surface area contributed by atoms with Crippen molar-refractivity contribution in [2.75, 3.05) is 19.6 Å². The lowest BCUT2D eigenvalue weighted by molar-refractivity contribution is -0.162. The summed E-state index contributed by atoms with van der Waals surface area (Å²) in [5.41, 5.74) is 2.49. The van der Waals surface area contributed by atoms with Crippen molar-refractivity contribution < 1.29 is 24.2 Å². The Labute approximate surface area is 245 Å². The van der Waals surface area contributed by atoms with Gasteiger partial charge in [0.25, 0.3) is 0 Å². The molecule has 4 aliphatic rings. The number of carboxylic acids is 1. The van der Waals surface area contributed by atoms with Crippen LogP contribution in [0.3, 0.4) is 0 Å². The van der Waals surface area contributed by atoms with Crippen LogP contribution in [0.5, 0.6) is 5.75 Å². The van der Waals surface area contributed by atoms with Crippen molar-refractivity contribution in [2.24, 2.45) is 18.4 Å². The van der Waals surface area contributed by atoms with Crippen molar-refractivity contribution in [1.29, 1.82) is 0 Å². The van der Waals surface area contributed by atoms with Crippen molar-refractivity contribution in [1.82, 2.24) is 24.8 Å². The van der Waals surface area contributed by atoms with E-state index in [0.29, 0.717) is 62.0 Å². The van der Waals surface area contributed by atoms with Crippen molar-refractivity contribution in [2.45, 2.75) is 83.3 Å². The number of hydrogen-bond donors (Lipinski definition) is 1. The summed E-state index contributed by atoms with van der Waals surface area (Å²) in [4.78, 5) is 43.1. The molecule has 2 saturated carbocycles. The van der Waals surface area contributed by atoms with Crippen LogP contribution in [0.4, 0.5) is 0 Å². The number of carbonyl (C=O) groups is 3. The van der Waals surface area contributed by atoms with Crippen LogP contribution in [0.25, 0.3) is 0 Å². The zero-order chi connectivity index (χ0) is 28.9. The number of aryl methyl sites for hydroxylation is 1. The second-order valence-corrected chi connectivity index (χ2v) is 12.7. The van der Waals surface area contributed by atoms with Crippen LogP contribution in [-0.4, -0.2) is 67.3 Å². The molecule has 220 valence electrons. The number of nitrogens with zero attached hydrogens (tertiary/aromatic N) is 5. The smallest absolute Gasteiger partial charge is 0.310 e. The SMILES string of the molecule is Cn1nnc(COc2ccc(Cl)c3c2[C@@H](CN2CCCC2=O)N(C(=O)C2CCCC[C@@]2(C)C(=O)O)CC3)c1C1CC1. The molecule has 6 rings (SSSR count). The quantitative estimate of drug-likeness (QED) is 0.493. The van der Waals surface area contributed by atoms with E-state index in [1.54, 1.807) is 6.92 Å². The van der Waals surface area contributed by atoms with Gasteiger partial charge >= 0.3 is 5.97 Å². The first kappa shape index (κ1) is 28.0. The van der Waals surface area contributed by atoms with E-state index in [4.69, 9.17) is 16.3 Å². The number of aromatic nitrogens is 3. The lowest BCUT2D eigenvalue weighted by atomic mass is 9.66. The zero-order valence-electron chi connectivity index (χ0n) is 23.8. The normalized spacial score (nSPS) is 26.3. The van der Waals surface area contributed by atoms with E-state index < -0.39 is 23.3 Å². The second kappa shape index (κ2) is 10.9. The lowest BCUT2D eigenvalue weighted by Gasteiger charge is -2.45. The summed E-state index contributed by atoms with van der Waals surface area (Å²) >= 11 is 6.74. The zero-order valence-corrected chi connectivity index (χ0v) is 24.5. The fraction of sp³-hybridized carbons (Fsp3) is 0.633. The molecular weight excluding hydrogens is 546 g/mol. The Morgan fingerprint density at radius 2 is 1.95 bits per heavy atom. The van der Waals surface area contributed by atoms with Gasteiger partial charge in [-0.15, -0.1) is 5.10 Å². The third-order valence-electron chi connectivity index (χ3n) is 9.69. The number of fused-ring (bicyclic) bond motifs is 1. The fourth-order valence-corrected chi connectivity index (χ4v) is 7.42. The Morgan fingerprint density at radius 1 is 1.15 bits per heavy atom. The highest BCUT2D eigenvalue weighted by atomic mass is 35.5. The molecule has 10 nitrogen and oxygen atoms in total. The first-order chi connectivity index (χ1) is 19.7. The van der Waals surface area contributed by atoms with Gasteiger partial charge in [-0.3, -0.25) is 19.1 Å². The summed E-state index contributed by atoms with van der Waals surface area (Å²) in [6.07, 6.45) is 6.64. The van der Waals surface area contributed by atoms with E-state index in [1.807, 2.05) is 33.7 Å². The largest absolute Gasteiger partial charge is 0.487 e. The van der Waals surface area contributed by atoms with E-state index >= 15 is 0 Å². The molecule has 3 atom stereocenters. The third kappa shape index (κ3) is 5.08. The number of likely N-dealkylation sites (tertiary alicyclic amines) is 1. The molecule has 2 amide bonds. The monoisotopic (exact) mass is 583 g/mol. The lowest BCUT2D eigenvalue weighted by Crippen LogP contribution is -2.52. The number of carbonyl (C=O) groups excluding carboxylic acids is 2. The summed E-state index contributed by atoms with van der Waals surface area (Å²) in [6.45, 7) is 3.30. The van der Waals surface area contributed by atoms with Crippen LogP contribution >= 0.6 is 11.6 Å². The molecule has 1 aromatic heterocycles. The standard InChI is InChI=1S/C30H38ClN5O5/c1-30(29(39)40)13-4-3-6-20(30)28(38)36-15-12-19-21(31)10-11-24(26(19)23(36)16-35-14-5-7-25(35)37)41-17-22-27(18-8-9-18)34(2)33-32-22/h10-11,18,20,23H,3-9,12-17H2,1-2H3,(H,39,40)/t20?,23-,30-/m1/s1. The van der Waals surface area contributed by atoms with Gasteiger partial charge in [0.1, 0.15) is 18.1 Å². The molecule has 2 aliphatic heterocycles. The predicted molar refractivity (Wildman–Crippen MR) is 150 cm³/mol. The summed E-state index contributed by atoms with van der Waals surface area (Å²) in [5, 5.41) is 19.3. The van der Waals surface area contributed by atoms with Crippen LogP contribution in [0.1, 0.15) is 92.8 Å². The van der Waals surface area contributed by atoms with Gasteiger partial charge in [0.2, 0.25) is 11.8 Å². The van der Waals surface area contributed by atoms with Crippen LogP contribution in [0.2, 0.25) is 5.02 Å². The third-order valence-corrected chi connectivity index (χ3v) is 10.0. The maximum atomic E-state index is 14.3. The summed E-state index contributed by atoms with van der Waals surface area (Å²) in [5.74, 6) is -0.592. The van der Waals surface area contributed by atoms with E-state index in [-0.39, 0.29) is 18.4 Å². The average molecular weight is 584 g/mol. The molecule has 3 fully saturated rings. The molecule has 11 heteroatoms. The van der Waals surface area contributed by atoms with Crippen molar-refractivity contribution in [3.05, 3.63) is 39.7 Å². The average Bonchev–Trinajstić information content (AvgIpc) is 3.61. The number of benzene rings is 1. The van der Waals surface area contributed by atoms with Crippen LogP contribution < -0.4 is 4.74 Å². The molecule has 2 aliphatic carbocycles. The van der Waals surface area contributed by atoms with Gasteiger partial charge in [0, 0.05) is 49.6 Å². The molecule has 1 unspecified atom stereocenters. The van der Waals surface area contributed by atoms with E-state index in [9.17, 15) is 19.5 Å². The maximum absolute atomic E-state index is 14.3. The van der Waals surface area contributed by atoms with Crippen LogP contribution in [-0.2, 0) is 34.5 Å². The fourth-order valence-electron chi connectivity index (χ4n) is 7.16. The molecule has 0 bridgehead atoms. The minimum atomic E-state index is -1.12. The van der Waals surface area contributed by atoms with Gasteiger partial charge in [-0.05, 0) is 63.1 Å². The molecule has 2 aromatic rings. The van der Waals surface area contributed by atoms with Crippen LogP contribution in [0, 0.1) is 11.3 Å². The Bertz CT molecular complexity index is 1370. The number of amides is 2. The van der Waals surface area contributed by atoms with E-state index in [2.05, 4.69) is 10.3 Å². The minimum Gasteiger partial charge on any atom is -0.487 e. The summed E-state index contributed by atoms with van der Waals surface area (Å²) < 4.78 is 8.26. The highest BCUT2D eigenvalue weighted by Crippen LogP contribution is 2.47. The number of aliphatic carboxylic acids is 1. The second-order valence-electron chi connectivity index (χ2n) is 12.3. The molecule has 1 aromatic carbocycles. The van der Waals surface area contributed by atoms with Crippen molar-refractivity contribution >= 4 is 29.4 Å². The molecule has 41 heavy (non-hydrogen) atoms. The maximum Gasteiger partial charge on any atom is 0.310 e. The highest BCUT2D eigenvalue weighted by molar-refractivity contribution is 6.31. The molecule has 3 heterocycles. The topological polar surface area (TPSA) is 118 Å². The Balaban J connectivity index is 1.36. The number of carboxylic acid groups (broad SMARTS) is 1. The number of rotatable bonds is 8. The number of hydrogen-bond acceptors (Lipinski definition) is 6. The summed E-state index contributed by atoms with van der Waals surface area (Å²) in [7, 11) is 1.90. The Morgan fingerprint density at radius 3 is 2.66 bits per heavy atom. The molecule has 1 N–H and O–H groups in total. The van der Waals surface area contributed by atoms with Crippen molar-refractivity contribution in [3.8, 4) is 5.75 Å². The van der Waals surface area contributed by atoms with E-state index in [1.165, 1.54) is 0 Å². The molecule has 0 radical (unpaired) electrons. The van der Waals surface area contributed by atoms with Gasteiger partial charge < -0.3 is 19.6 Å². The van der Waals surface area contributed by atoms with Gasteiger partial charge in [-0.1, -0.05) is 29.7 Å². The van der Waals surface area contributed by atoms with Crippen LogP contribution in [0.15, 0.2) is 12.1 Å². The van der Waals surface area contributed by atoms with E-state index in [0.717, 1.165) is 54.6 Å². The Kier molecular flexibility index (Phi) is 7.46. The molecular formula is C30H38ClN5O5. The molecule has 1 saturated heterocycles. The predicted octanol–water partition coefficient (Wildman–Crippen LogP) is 4.25. The number of ether oxygens (including phenoxy) is 1. The highest BCUT2D eigenvalue weighted by Gasteiger charge is 2.50. The first-order valence-corrected chi connectivity index (χ1v) is 15.2. The van der Waals surface area contributed by atoms with Gasteiger partial charge in [0.15, 0.2) is 0 Å². The summed E-state index contributed by atoms with van der Waals surface area (Å²) in [6, 6.07) is 3.17. The van der Waals surface area contributed by atoms with Gasteiger partial charge in [-0.2, -0.15) is 0 Å². The number of halogens is 1. The molecule has 0 spiro atoms. The van der Waals surface area contributed by atoms with Gasteiger partial charge in [0.05, 0.1) is 23.1 Å².